The van der Waals surface area contributed by atoms with Crippen LogP contribution in [0.3, 0.4) is 0 Å². The molecule has 2 rings (SSSR count). The number of aliphatic hydroxyl groups is 1. The highest BCUT2D eigenvalue weighted by molar-refractivity contribution is 7.12. The normalized spacial score (nSPS) is 28.0. The summed E-state index contributed by atoms with van der Waals surface area (Å²) >= 11 is 1.66. The molecule has 1 aliphatic carbocycles. The van der Waals surface area contributed by atoms with Crippen LogP contribution in [0.15, 0.2) is 12.1 Å². The SMILES string of the molecule is CCCC1CCC(C#N)(C(O)c2ccc(CC)s2)CC1. The molecule has 0 aromatic carbocycles. The van der Waals surface area contributed by atoms with E-state index in [0.717, 1.165) is 42.9 Å². The Hall–Kier alpha value is -0.850. The fourth-order valence-corrected chi connectivity index (χ4v) is 4.40. The summed E-state index contributed by atoms with van der Waals surface area (Å²) in [6, 6.07) is 6.55. The minimum atomic E-state index is -0.611. The van der Waals surface area contributed by atoms with Gasteiger partial charge in [-0.15, -0.1) is 11.3 Å². The molecule has 0 radical (unpaired) electrons. The summed E-state index contributed by atoms with van der Waals surface area (Å²) in [6.45, 7) is 4.34. The molecule has 0 aliphatic heterocycles. The highest BCUT2D eigenvalue weighted by Gasteiger charge is 2.42. The van der Waals surface area contributed by atoms with E-state index in [1.807, 2.05) is 6.07 Å². The zero-order valence-corrected chi connectivity index (χ0v) is 13.4. The molecular formula is C17H25NOS. The topological polar surface area (TPSA) is 44.0 Å². The van der Waals surface area contributed by atoms with Crippen LogP contribution >= 0.6 is 11.3 Å². The van der Waals surface area contributed by atoms with Gasteiger partial charge in [-0.2, -0.15) is 5.26 Å². The summed E-state index contributed by atoms with van der Waals surface area (Å²) in [7, 11) is 0. The number of hydrogen-bond acceptors (Lipinski definition) is 3. The zero-order chi connectivity index (χ0) is 14.6. The molecule has 0 spiro atoms. The molecule has 20 heavy (non-hydrogen) atoms. The molecule has 0 saturated heterocycles. The van der Waals surface area contributed by atoms with Crippen LogP contribution in [0.1, 0.15) is 68.2 Å². The minimum Gasteiger partial charge on any atom is -0.386 e. The molecule has 1 heterocycles. The molecule has 1 unspecified atom stereocenters. The van der Waals surface area contributed by atoms with E-state index < -0.39 is 11.5 Å². The molecule has 1 aromatic rings. The van der Waals surface area contributed by atoms with E-state index in [4.69, 9.17) is 0 Å². The Morgan fingerprint density at radius 2 is 2.10 bits per heavy atom. The first kappa shape index (κ1) is 15.5. The van der Waals surface area contributed by atoms with Crippen molar-refractivity contribution >= 4 is 11.3 Å². The monoisotopic (exact) mass is 291 g/mol. The van der Waals surface area contributed by atoms with Gasteiger partial charge in [0, 0.05) is 9.75 Å². The second kappa shape index (κ2) is 6.74. The molecule has 1 aromatic heterocycles. The van der Waals surface area contributed by atoms with Gasteiger partial charge in [0.2, 0.25) is 0 Å². The van der Waals surface area contributed by atoms with Crippen LogP contribution in [0.2, 0.25) is 0 Å². The maximum atomic E-state index is 10.7. The Labute approximate surface area is 126 Å². The van der Waals surface area contributed by atoms with Gasteiger partial charge in [-0.25, -0.2) is 0 Å². The van der Waals surface area contributed by atoms with Crippen molar-refractivity contribution in [2.75, 3.05) is 0 Å². The van der Waals surface area contributed by atoms with Crippen molar-refractivity contribution in [3.63, 3.8) is 0 Å². The number of rotatable bonds is 5. The highest BCUT2D eigenvalue weighted by atomic mass is 32.1. The average Bonchev–Trinajstić information content (AvgIpc) is 2.97. The van der Waals surface area contributed by atoms with E-state index in [1.54, 1.807) is 11.3 Å². The summed E-state index contributed by atoms with van der Waals surface area (Å²) in [5, 5.41) is 20.4. The molecule has 2 nitrogen and oxygen atoms in total. The maximum Gasteiger partial charge on any atom is 0.107 e. The molecule has 1 aliphatic rings. The van der Waals surface area contributed by atoms with E-state index in [1.165, 1.54) is 17.7 Å². The molecule has 0 amide bonds. The third-order valence-electron chi connectivity index (χ3n) is 4.74. The van der Waals surface area contributed by atoms with Crippen LogP contribution < -0.4 is 0 Å². The largest absolute Gasteiger partial charge is 0.386 e. The Bertz CT molecular complexity index is 466. The van der Waals surface area contributed by atoms with Gasteiger partial charge < -0.3 is 5.11 Å². The van der Waals surface area contributed by atoms with Gasteiger partial charge >= 0.3 is 0 Å². The number of nitrogens with zero attached hydrogens (tertiary/aromatic N) is 1. The summed E-state index contributed by atoms with van der Waals surface area (Å²) in [5.74, 6) is 0.753. The number of thiophene rings is 1. The smallest absolute Gasteiger partial charge is 0.107 e. The lowest BCUT2D eigenvalue weighted by molar-refractivity contribution is 0.0261. The van der Waals surface area contributed by atoms with E-state index in [2.05, 4.69) is 26.0 Å². The van der Waals surface area contributed by atoms with Crippen molar-refractivity contribution in [3.05, 3.63) is 21.9 Å². The lowest BCUT2D eigenvalue weighted by atomic mass is 9.67. The Balaban J connectivity index is 2.10. The second-order valence-electron chi connectivity index (χ2n) is 6.06. The van der Waals surface area contributed by atoms with Crippen LogP contribution in [0.25, 0.3) is 0 Å². The van der Waals surface area contributed by atoms with Crippen molar-refractivity contribution in [2.24, 2.45) is 11.3 Å². The van der Waals surface area contributed by atoms with Crippen LogP contribution in [0.5, 0.6) is 0 Å². The van der Waals surface area contributed by atoms with E-state index >= 15 is 0 Å². The van der Waals surface area contributed by atoms with Crippen molar-refractivity contribution in [1.29, 1.82) is 5.26 Å². The molecule has 1 N–H and O–H groups in total. The Morgan fingerprint density at radius 1 is 1.40 bits per heavy atom. The average molecular weight is 291 g/mol. The maximum absolute atomic E-state index is 10.7. The number of nitriles is 1. The van der Waals surface area contributed by atoms with Gasteiger partial charge in [0.05, 0.1) is 11.5 Å². The Morgan fingerprint density at radius 3 is 2.60 bits per heavy atom. The predicted molar refractivity (Wildman–Crippen MR) is 83.6 cm³/mol. The van der Waals surface area contributed by atoms with Gasteiger partial charge in [0.1, 0.15) is 6.10 Å². The van der Waals surface area contributed by atoms with Crippen molar-refractivity contribution in [1.82, 2.24) is 0 Å². The molecule has 110 valence electrons. The molecule has 1 atom stereocenters. The predicted octanol–water partition coefficient (Wildman–Crippen LogP) is 4.84. The van der Waals surface area contributed by atoms with Crippen molar-refractivity contribution < 1.29 is 5.11 Å². The summed E-state index contributed by atoms with van der Waals surface area (Å²) < 4.78 is 0. The third-order valence-corrected chi connectivity index (χ3v) is 6.02. The fourth-order valence-electron chi connectivity index (χ4n) is 3.34. The first-order chi connectivity index (χ1) is 9.65. The molecular weight excluding hydrogens is 266 g/mol. The zero-order valence-electron chi connectivity index (χ0n) is 12.6. The van der Waals surface area contributed by atoms with E-state index in [-0.39, 0.29) is 0 Å². The highest BCUT2D eigenvalue weighted by Crippen LogP contribution is 2.49. The standard InChI is InChI=1S/C17H25NOS/c1-3-5-13-8-10-17(12-18,11-9-13)16(19)15-7-6-14(4-2)20-15/h6-7,13,16,19H,3-5,8-11H2,1-2H3. The van der Waals surface area contributed by atoms with E-state index in [9.17, 15) is 10.4 Å². The number of hydrogen-bond donors (Lipinski definition) is 1. The number of aliphatic hydroxyl groups excluding tert-OH is 1. The lowest BCUT2D eigenvalue weighted by Gasteiger charge is -2.38. The van der Waals surface area contributed by atoms with Gasteiger partial charge in [0.15, 0.2) is 0 Å². The second-order valence-corrected chi connectivity index (χ2v) is 7.26. The van der Waals surface area contributed by atoms with Crippen LogP contribution in [-0.4, -0.2) is 5.11 Å². The van der Waals surface area contributed by atoms with Crippen LogP contribution in [0.4, 0.5) is 0 Å². The Kier molecular flexibility index (Phi) is 5.23. The summed E-state index contributed by atoms with van der Waals surface area (Å²) in [4.78, 5) is 2.25. The fraction of sp³-hybridized carbons (Fsp3) is 0.706. The van der Waals surface area contributed by atoms with Crippen LogP contribution in [-0.2, 0) is 6.42 Å². The molecule has 1 fully saturated rings. The van der Waals surface area contributed by atoms with Gasteiger partial charge in [-0.1, -0.05) is 26.7 Å². The lowest BCUT2D eigenvalue weighted by Crippen LogP contribution is -2.32. The van der Waals surface area contributed by atoms with Gasteiger partial charge in [-0.3, -0.25) is 0 Å². The van der Waals surface area contributed by atoms with Crippen molar-refractivity contribution in [2.45, 2.75) is 64.9 Å². The van der Waals surface area contributed by atoms with Crippen LogP contribution in [0, 0.1) is 22.7 Å². The molecule has 1 saturated carbocycles. The van der Waals surface area contributed by atoms with E-state index in [0.29, 0.717) is 0 Å². The molecule has 3 heteroatoms. The first-order valence-corrected chi connectivity index (χ1v) is 8.64. The third kappa shape index (κ3) is 3.07. The summed E-state index contributed by atoms with van der Waals surface area (Å²) in [5.41, 5.74) is -0.555. The quantitative estimate of drug-likeness (QED) is 0.843. The van der Waals surface area contributed by atoms with Crippen molar-refractivity contribution in [3.8, 4) is 6.07 Å². The number of aryl methyl sites for hydroxylation is 1. The first-order valence-electron chi connectivity index (χ1n) is 7.83. The molecule has 0 bridgehead atoms. The summed E-state index contributed by atoms with van der Waals surface area (Å²) in [6.07, 6.45) is 6.72. The van der Waals surface area contributed by atoms with Gasteiger partial charge in [-0.05, 0) is 50.2 Å². The minimum absolute atomic E-state index is 0.555. The van der Waals surface area contributed by atoms with Gasteiger partial charge in [0.25, 0.3) is 0 Å².